The molecule has 8 nitrogen and oxygen atoms in total. The molecule has 0 saturated carbocycles. The Morgan fingerprint density at radius 3 is 2.44 bits per heavy atom. The highest BCUT2D eigenvalue weighted by molar-refractivity contribution is 6.59. The first kappa shape index (κ1) is 27.6. The maximum atomic E-state index is 13.9. The summed E-state index contributed by atoms with van der Waals surface area (Å²) in [5.74, 6) is 3.98. The van der Waals surface area contributed by atoms with Crippen molar-refractivity contribution in [2.24, 2.45) is 0 Å². The van der Waals surface area contributed by atoms with E-state index < -0.39 is 42.1 Å². The first-order valence-electron chi connectivity index (χ1n) is 11.5. The second kappa shape index (κ2) is 11.3. The van der Waals surface area contributed by atoms with E-state index >= 15 is 0 Å². The van der Waals surface area contributed by atoms with Crippen molar-refractivity contribution in [1.82, 2.24) is 10.3 Å². The Morgan fingerprint density at radius 1 is 1.22 bits per heavy atom. The molecule has 0 radical (unpaired) electrons. The molecule has 1 fully saturated rings. The third-order valence-corrected chi connectivity index (χ3v) is 5.36. The zero-order valence-corrected chi connectivity index (χ0v) is 20.3. The molecular formula is C25H29BF2N2O6. The van der Waals surface area contributed by atoms with Gasteiger partial charge in [-0.05, 0) is 56.9 Å². The molecule has 192 valence electrons. The van der Waals surface area contributed by atoms with Gasteiger partial charge in [0.25, 0.3) is 0 Å². The number of halogens is 2. The van der Waals surface area contributed by atoms with Crippen LogP contribution in [0.15, 0.2) is 30.3 Å². The van der Waals surface area contributed by atoms with Crippen LogP contribution in [0.2, 0.25) is 0 Å². The molecule has 1 atom stereocenters. The molecule has 2 heterocycles. The van der Waals surface area contributed by atoms with Crippen molar-refractivity contribution in [3.05, 3.63) is 58.9 Å². The number of nitrogens with one attached hydrogen (secondary N) is 1. The molecule has 1 aliphatic heterocycles. The van der Waals surface area contributed by atoms with Gasteiger partial charge in [-0.15, -0.1) is 0 Å². The predicted molar refractivity (Wildman–Crippen MR) is 128 cm³/mol. The van der Waals surface area contributed by atoms with Gasteiger partial charge in [0, 0.05) is 24.4 Å². The SMILES string of the molecule is CC(C)(C)OC(=O)N[C@@H](Cc1cc(F)cc(F)c1)c1nc(C#CC2(O)CCOCC2)ccc1B(O)O. The van der Waals surface area contributed by atoms with Crippen LogP contribution >= 0.6 is 0 Å². The van der Waals surface area contributed by atoms with Gasteiger partial charge >= 0.3 is 13.2 Å². The average Bonchev–Trinajstić information content (AvgIpc) is 2.75. The molecule has 3 rings (SSSR count). The normalized spacial score (nSPS) is 15.9. The largest absolute Gasteiger partial charge is 0.490 e. The fraction of sp³-hybridized carbons (Fsp3) is 0.440. The van der Waals surface area contributed by atoms with Gasteiger partial charge in [0.05, 0.1) is 24.9 Å². The molecule has 1 aromatic heterocycles. The standard InChI is InChI=1S/C25H29BF2N2O6/c1-24(2,3)36-23(31)30-21(14-16-12-17(27)15-18(28)13-16)22-20(26(33)34)5-4-19(29-22)6-7-25(32)8-10-35-11-9-25/h4-5,12-13,15,21,32-34H,8-11,14H2,1-3H3,(H,30,31)/t21-/m0/s1. The molecule has 1 saturated heterocycles. The maximum Gasteiger partial charge on any atom is 0.490 e. The van der Waals surface area contributed by atoms with Gasteiger partial charge in [-0.2, -0.15) is 0 Å². The minimum Gasteiger partial charge on any atom is -0.444 e. The summed E-state index contributed by atoms with van der Waals surface area (Å²) in [7, 11) is -1.96. The Balaban J connectivity index is 2.02. The lowest BCUT2D eigenvalue weighted by Gasteiger charge is -2.26. The lowest BCUT2D eigenvalue weighted by molar-refractivity contribution is -0.0262. The van der Waals surface area contributed by atoms with Gasteiger partial charge in [-0.3, -0.25) is 0 Å². The second-order valence-electron chi connectivity index (χ2n) is 9.62. The topological polar surface area (TPSA) is 121 Å². The minimum atomic E-state index is -1.96. The van der Waals surface area contributed by atoms with E-state index in [0.717, 1.165) is 18.2 Å². The summed E-state index contributed by atoms with van der Waals surface area (Å²) in [4.78, 5) is 17.0. The minimum absolute atomic E-state index is 0.0197. The number of hydrogen-bond acceptors (Lipinski definition) is 7. The van der Waals surface area contributed by atoms with Crippen molar-refractivity contribution in [2.75, 3.05) is 13.2 Å². The second-order valence-corrected chi connectivity index (χ2v) is 9.62. The van der Waals surface area contributed by atoms with Gasteiger partial charge in [-0.1, -0.05) is 12.0 Å². The van der Waals surface area contributed by atoms with Crippen molar-refractivity contribution in [3.63, 3.8) is 0 Å². The molecular weight excluding hydrogens is 473 g/mol. The van der Waals surface area contributed by atoms with E-state index in [-0.39, 0.29) is 28.8 Å². The molecule has 0 unspecified atom stereocenters. The van der Waals surface area contributed by atoms with Crippen LogP contribution in [-0.4, -0.2) is 57.8 Å². The van der Waals surface area contributed by atoms with E-state index in [0.29, 0.717) is 26.1 Å². The molecule has 0 spiro atoms. The Bertz CT molecular complexity index is 1130. The third kappa shape index (κ3) is 8.00. The Labute approximate surface area is 208 Å². The average molecular weight is 502 g/mol. The zero-order valence-electron chi connectivity index (χ0n) is 20.3. The van der Waals surface area contributed by atoms with Gasteiger partial charge in [0.2, 0.25) is 0 Å². The van der Waals surface area contributed by atoms with Crippen LogP contribution in [0.5, 0.6) is 0 Å². The number of benzene rings is 1. The first-order valence-corrected chi connectivity index (χ1v) is 11.5. The lowest BCUT2D eigenvalue weighted by atomic mass is 9.76. The monoisotopic (exact) mass is 502 g/mol. The summed E-state index contributed by atoms with van der Waals surface area (Å²) in [5.41, 5.74) is -1.71. The lowest BCUT2D eigenvalue weighted by Crippen LogP contribution is -2.42. The van der Waals surface area contributed by atoms with E-state index in [4.69, 9.17) is 9.47 Å². The zero-order chi connectivity index (χ0) is 26.5. The van der Waals surface area contributed by atoms with Crippen LogP contribution < -0.4 is 10.8 Å². The number of alkyl carbamates (subject to hydrolysis) is 1. The first-order chi connectivity index (χ1) is 16.8. The van der Waals surface area contributed by atoms with Crippen molar-refractivity contribution in [3.8, 4) is 11.8 Å². The summed E-state index contributed by atoms with van der Waals surface area (Å²) in [6.45, 7) is 5.74. The number of aliphatic hydroxyl groups is 1. The number of amides is 1. The molecule has 0 aliphatic carbocycles. The molecule has 1 aliphatic rings. The number of hydrogen-bond donors (Lipinski definition) is 4. The van der Waals surface area contributed by atoms with E-state index in [2.05, 4.69) is 22.1 Å². The van der Waals surface area contributed by atoms with Crippen LogP contribution in [0.4, 0.5) is 13.6 Å². The third-order valence-electron chi connectivity index (χ3n) is 5.36. The molecule has 1 amide bonds. The quantitative estimate of drug-likeness (QED) is 0.363. The summed E-state index contributed by atoms with van der Waals surface area (Å²) in [5, 5.41) is 33.1. The number of pyridine rings is 1. The van der Waals surface area contributed by atoms with E-state index in [9.17, 15) is 28.7 Å². The number of ether oxygens (including phenoxy) is 2. The van der Waals surface area contributed by atoms with Crippen LogP contribution in [-0.2, 0) is 15.9 Å². The van der Waals surface area contributed by atoms with Crippen molar-refractivity contribution >= 4 is 18.7 Å². The Morgan fingerprint density at radius 2 is 1.86 bits per heavy atom. The van der Waals surface area contributed by atoms with E-state index in [1.807, 2.05) is 0 Å². The highest BCUT2D eigenvalue weighted by Gasteiger charge is 2.29. The number of carbonyl (C=O) groups is 1. The summed E-state index contributed by atoms with van der Waals surface area (Å²) in [6.07, 6.45) is -0.320. The van der Waals surface area contributed by atoms with Gasteiger partial charge in [0.1, 0.15) is 28.5 Å². The molecule has 36 heavy (non-hydrogen) atoms. The molecule has 0 bridgehead atoms. The van der Waals surface area contributed by atoms with E-state index in [1.54, 1.807) is 20.8 Å². The number of nitrogens with zero attached hydrogens (tertiary/aromatic N) is 1. The summed E-state index contributed by atoms with van der Waals surface area (Å²) < 4.78 is 38.3. The van der Waals surface area contributed by atoms with Crippen LogP contribution in [0, 0.1) is 23.5 Å². The Hall–Kier alpha value is -3.04. The molecule has 2 aromatic rings. The van der Waals surface area contributed by atoms with E-state index in [1.165, 1.54) is 12.1 Å². The fourth-order valence-corrected chi connectivity index (χ4v) is 3.70. The maximum absolute atomic E-state index is 13.9. The highest BCUT2D eigenvalue weighted by Crippen LogP contribution is 2.21. The molecule has 4 N–H and O–H groups in total. The smallest absolute Gasteiger partial charge is 0.444 e. The van der Waals surface area contributed by atoms with Crippen molar-refractivity contribution in [2.45, 2.75) is 57.3 Å². The number of rotatable bonds is 5. The highest BCUT2D eigenvalue weighted by atomic mass is 19.1. The number of carbonyl (C=O) groups excluding carboxylic acids is 1. The molecule has 1 aromatic carbocycles. The van der Waals surface area contributed by atoms with Gasteiger partial charge in [-0.25, -0.2) is 18.6 Å². The Kier molecular flexibility index (Phi) is 8.69. The number of aromatic nitrogens is 1. The summed E-state index contributed by atoms with van der Waals surface area (Å²) >= 11 is 0. The summed E-state index contributed by atoms with van der Waals surface area (Å²) in [6, 6.07) is 4.68. The van der Waals surface area contributed by atoms with Crippen LogP contribution in [0.1, 0.15) is 56.6 Å². The van der Waals surface area contributed by atoms with Gasteiger partial charge < -0.3 is 29.9 Å². The fourth-order valence-electron chi connectivity index (χ4n) is 3.70. The molecule has 11 heteroatoms. The van der Waals surface area contributed by atoms with Crippen molar-refractivity contribution in [1.29, 1.82) is 0 Å². The predicted octanol–water partition coefficient (Wildman–Crippen LogP) is 1.74. The van der Waals surface area contributed by atoms with Crippen LogP contribution in [0.25, 0.3) is 0 Å². The van der Waals surface area contributed by atoms with Gasteiger partial charge in [0.15, 0.2) is 0 Å². The van der Waals surface area contributed by atoms with Crippen LogP contribution in [0.3, 0.4) is 0 Å². The van der Waals surface area contributed by atoms with Crippen molar-refractivity contribution < 1.29 is 38.2 Å².